The summed E-state index contributed by atoms with van der Waals surface area (Å²) in [5, 5.41) is 2.78. The van der Waals surface area contributed by atoms with Crippen LogP contribution < -0.4 is 5.32 Å². The number of likely N-dealkylation sites (tertiary alicyclic amines) is 1. The zero-order valence-electron chi connectivity index (χ0n) is 12.6. The van der Waals surface area contributed by atoms with E-state index < -0.39 is 18.0 Å². The van der Waals surface area contributed by atoms with E-state index in [4.69, 9.17) is 4.74 Å². The highest BCUT2D eigenvalue weighted by Crippen LogP contribution is 2.35. The number of ketones is 1. The number of alkyl halides is 3. The highest BCUT2D eigenvalue weighted by Gasteiger charge is 2.41. The van der Waals surface area contributed by atoms with Crippen molar-refractivity contribution in [1.29, 1.82) is 0 Å². The largest absolute Gasteiger partial charge is 0.452 e. The Kier molecular flexibility index (Phi) is 4.06. The standard InChI is InChI=1S/C16H17F3N2O2/c1-20-14-12(10-5-4-6-11(9-10)16(17,18)19)13(22)15(23-14)21-7-2-3-8-21/h4-6,9,15,20H,2-3,7-8H2,1H3. The Morgan fingerprint density at radius 1 is 1.26 bits per heavy atom. The summed E-state index contributed by atoms with van der Waals surface area (Å²) >= 11 is 0. The molecular formula is C16H17F3N2O2. The molecule has 2 aliphatic rings. The second-order valence-corrected chi connectivity index (χ2v) is 5.61. The van der Waals surface area contributed by atoms with Gasteiger partial charge in [0.25, 0.3) is 0 Å². The van der Waals surface area contributed by atoms with Crippen LogP contribution in [0.25, 0.3) is 5.57 Å². The van der Waals surface area contributed by atoms with Crippen LogP contribution in [0.3, 0.4) is 0 Å². The van der Waals surface area contributed by atoms with E-state index in [-0.39, 0.29) is 22.8 Å². The van der Waals surface area contributed by atoms with Gasteiger partial charge in [0.15, 0.2) is 0 Å². The predicted octanol–water partition coefficient (Wildman–Crippen LogP) is 2.61. The fraction of sp³-hybridized carbons (Fsp3) is 0.438. The molecule has 0 aromatic heterocycles. The van der Waals surface area contributed by atoms with Gasteiger partial charge in [0.2, 0.25) is 17.9 Å². The first-order valence-electron chi connectivity index (χ1n) is 7.46. The molecule has 124 valence electrons. The number of hydrogen-bond donors (Lipinski definition) is 1. The van der Waals surface area contributed by atoms with Gasteiger partial charge >= 0.3 is 6.18 Å². The van der Waals surface area contributed by atoms with Crippen LogP contribution in [0.4, 0.5) is 13.2 Å². The van der Waals surface area contributed by atoms with Gasteiger partial charge in [-0.3, -0.25) is 9.69 Å². The fourth-order valence-electron chi connectivity index (χ4n) is 2.98. The van der Waals surface area contributed by atoms with Crippen LogP contribution in [0.15, 0.2) is 30.1 Å². The fourth-order valence-corrected chi connectivity index (χ4v) is 2.98. The van der Waals surface area contributed by atoms with Gasteiger partial charge in [-0.15, -0.1) is 0 Å². The number of Topliss-reactive ketones (excluding diaryl/α,β-unsaturated/α-hetero) is 1. The monoisotopic (exact) mass is 326 g/mol. The zero-order chi connectivity index (χ0) is 16.6. The lowest BCUT2D eigenvalue weighted by molar-refractivity contribution is -0.137. The van der Waals surface area contributed by atoms with E-state index in [2.05, 4.69) is 5.32 Å². The van der Waals surface area contributed by atoms with Crippen molar-refractivity contribution in [1.82, 2.24) is 10.2 Å². The van der Waals surface area contributed by atoms with E-state index >= 15 is 0 Å². The maximum absolute atomic E-state index is 12.9. The van der Waals surface area contributed by atoms with E-state index in [1.807, 2.05) is 4.90 Å². The van der Waals surface area contributed by atoms with Crippen LogP contribution in [0, 0.1) is 0 Å². The molecule has 1 aromatic carbocycles. The van der Waals surface area contributed by atoms with Crippen LogP contribution >= 0.6 is 0 Å². The molecule has 1 aromatic rings. The summed E-state index contributed by atoms with van der Waals surface area (Å²) in [6.45, 7) is 1.51. The SMILES string of the molecule is CNC1=C(c2cccc(C(F)(F)F)c2)C(=O)C(N2CCCC2)O1. The molecule has 1 atom stereocenters. The number of nitrogens with one attached hydrogen (secondary N) is 1. The lowest BCUT2D eigenvalue weighted by atomic mass is 10.00. The number of halogens is 3. The summed E-state index contributed by atoms with van der Waals surface area (Å²) in [6, 6.07) is 4.77. The Bertz CT molecular complexity index is 649. The number of hydrogen-bond acceptors (Lipinski definition) is 4. The zero-order valence-corrected chi connectivity index (χ0v) is 12.6. The molecule has 0 spiro atoms. The molecule has 0 radical (unpaired) electrons. The van der Waals surface area contributed by atoms with E-state index in [0.717, 1.165) is 38.1 Å². The maximum Gasteiger partial charge on any atom is 0.416 e. The first-order chi connectivity index (χ1) is 10.9. The topological polar surface area (TPSA) is 41.6 Å². The average molecular weight is 326 g/mol. The summed E-state index contributed by atoms with van der Waals surface area (Å²) in [5.41, 5.74) is -0.387. The van der Waals surface area contributed by atoms with Crippen molar-refractivity contribution in [2.45, 2.75) is 25.2 Å². The number of carbonyl (C=O) groups excluding carboxylic acids is 1. The Morgan fingerprint density at radius 2 is 1.96 bits per heavy atom. The molecule has 4 nitrogen and oxygen atoms in total. The van der Waals surface area contributed by atoms with Crippen molar-refractivity contribution >= 4 is 11.4 Å². The molecule has 1 fully saturated rings. The smallest absolute Gasteiger partial charge is 0.416 e. The number of nitrogens with zero attached hydrogens (tertiary/aromatic N) is 1. The van der Waals surface area contributed by atoms with E-state index in [0.29, 0.717) is 0 Å². The normalized spacial score (nSPS) is 22.6. The van der Waals surface area contributed by atoms with Crippen LogP contribution in [0.5, 0.6) is 0 Å². The highest BCUT2D eigenvalue weighted by molar-refractivity contribution is 6.24. The number of carbonyl (C=O) groups is 1. The van der Waals surface area contributed by atoms with Gasteiger partial charge in [-0.1, -0.05) is 12.1 Å². The average Bonchev–Trinajstić information content (AvgIpc) is 3.13. The summed E-state index contributed by atoms with van der Waals surface area (Å²) in [6.07, 6.45) is -3.22. The predicted molar refractivity (Wildman–Crippen MR) is 78.1 cm³/mol. The Labute approximate surface area is 131 Å². The van der Waals surface area contributed by atoms with Crippen LogP contribution in [0.2, 0.25) is 0 Å². The van der Waals surface area contributed by atoms with Crippen LogP contribution in [-0.2, 0) is 15.7 Å². The molecule has 0 amide bonds. The lowest BCUT2D eigenvalue weighted by Gasteiger charge is -2.21. The molecule has 2 aliphatic heterocycles. The highest BCUT2D eigenvalue weighted by atomic mass is 19.4. The molecule has 23 heavy (non-hydrogen) atoms. The van der Waals surface area contributed by atoms with Gasteiger partial charge in [-0.25, -0.2) is 0 Å². The van der Waals surface area contributed by atoms with Gasteiger partial charge in [-0.05, 0) is 30.5 Å². The van der Waals surface area contributed by atoms with Crippen molar-refractivity contribution in [3.63, 3.8) is 0 Å². The molecule has 0 saturated carbocycles. The second kappa shape index (κ2) is 5.88. The van der Waals surface area contributed by atoms with Crippen molar-refractivity contribution in [3.05, 3.63) is 41.3 Å². The van der Waals surface area contributed by atoms with Crippen LogP contribution in [0.1, 0.15) is 24.0 Å². The van der Waals surface area contributed by atoms with E-state index in [1.54, 1.807) is 7.05 Å². The Morgan fingerprint density at radius 3 is 2.57 bits per heavy atom. The molecule has 3 rings (SSSR count). The number of rotatable bonds is 3. The van der Waals surface area contributed by atoms with Crippen molar-refractivity contribution in [2.75, 3.05) is 20.1 Å². The minimum Gasteiger partial charge on any atom is -0.452 e. The van der Waals surface area contributed by atoms with Crippen molar-refractivity contribution < 1.29 is 22.7 Å². The van der Waals surface area contributed by atoms with Gasteiger partial charge < -0.3 is 10.1 Å². The van der Waals surface area contributed by atoms with Gasteiger partial charge in [0.05, 0.1) is 11.1 Å². The molecule has 7 heteroatoms. The molecule has 0 bridgehead atoms. The second-order valence-electron chi connectivity index (χ2n) is 5.61. The maximum atomic E-state index is 12.9. The molecule has 2 heterocycles. The van der Waals surface area contributed by atoms with E-state index in [1.165, 1.54) is 12.1 Å². The first-order valence-corrected chi connectivity index (χ1v) is 7.46. The molecular weight excluding hydrogens is 309 g/mol. The molecule has 1 saturated heterocycles. The third kappa shape index (κ3) is 2.93. The van der Waals surface area contributed by atoms with Gasteiger partial charge in [-0.2, -0.15) is 13.2 Å². The van der Waals surface area contributed by atoms with Crippen molar-refractivity contribution in [3.8, 4) is 0 Å². The Hall–Kier alpha value is -2.02. The van der Waals surface area contributed by atoms with E-state index in [9.17, 15) is 18.0 Å². The minimum absolute atomic E-state index is 0.176. The first kappa shape index (κ1) is 15.9. The Balaban J connectivity index is 1.95. The molecule has 0 aliphatic carbocycles. The van der Waals surface area contributed by atoms with Crippen molar-refractivity contribution in [2.24, 2.45) is 0 Å². The molecule has 1 unspecified atom stereocenters. The minimum atomic E-state index is -4.45. The quantitative estimate of drug-likeness (QED) is 0.927. The van der Waals surface area contributed by atoms with Crippen LogP contribution in [-0.4, -0.2) is 37.0 Å². The summed E-state index contributed by atoms with van der Waals surface area (Å²) in [4.78, 5) is 14.6. The van der Waals surface area contributed by atoms with Gasteiger partial charge in [0.1, 0.15) is 0 Å². The summed E-state index contributed by atoms with van der Waals surface area (Å²) in [5.74, 6) is -0.0678. The lowest BCUT2D eigenvalue weighted by Crippen LogP contribution is -2.38. The summed E-state index contributed by atoms with van der Waals surface area (Å²) < 4.78 is 44.4. The number of benzene rings is 1. The third-order valence-electron chi connectivity index (χ3n) is 4.11. The molecule has 1 N–H and O–H groups in total. The third-order valence-corrected chi connectivity index (χ3v) is 4.11. The number of ether oxygens (including phenoxy) is 1. The summed E-state index contributed by atoms with van der Waals surface area (Å²) in [7, 11) is 1.59. The van der Waals surface area contributed by atoms with Gasteiger partial charge in [0, 0.05) is 20.1 Å².